The van der Waals surface area contributed by atoms with Crippen LogP contribution in [0.25, 0.3) is 0 Å². The van der Waals surface area contributed by atoms with Crippen LogP contribution in [0.1, 0.15) is 12.5 Å². The number of hydrogen-bond donors (Lipinski definition) is 1. The van der Waals surface area contributed by atoms with Crippen LogP contribution in [0.4, 0.5) is 5.69 Å². The van der Waals surface area contributed by atoms with E-state index in [0.29, 0.717) is 6.54 Å². The van der Waals surface area contributed by atoms with Crippen molar-refractivity contribution >= 4 is 17.6 Å². The van der Waals surface area contributed by atoms with Crippen molar-refractivity contribution in [1.82, 2.24) is 5.32 Å². The highest BCUT2D eigenvalue weighted by molar-refractivity contribution is 5.85. The van der Waals surface area contributed by atoms with E-state index in [1.54, 1.807) is 13.0 Å². The Morgan fingerprint density at radius 3 is 2.45 bits per heavy atom. The van der Waals surface area contributed by atoms with Crippen LogP contribution in [-0.2, 0) is 20.9 Å². The monoisotopic (exact) mass is 276 g/mol. The van der Waals surface area contributed by atoms with E-state index in [4.69, 9.17) is 4.74 Å². The van der Waals surface area contributed by atoms with Crippen LogP contribution in [0.5, 0.6) is 0 Å². The highest BCUT2D eigenvalue weighted by Gasteiger charge is 2.04. The molecule has 108 valence electrons. The van der Waals surface area contributed by atoms with E-state index in [1.165, 1.54) is 6.08 Å². The Balaban J connectivity index is 2.35. The second kappa shape index (κ2) is 7.99. The maximum atomic E-state index is 11.5. The van der Waals surface area contributed by atoms with Gasteiger partial charge < -0.3 is 15.0 Å². The Morgan fingerprint density at radius 2 is 1.90 bits per heavy atom. The first-order valence-corrected chi connectivity index (χ1v) is 6.35. The fraction of sp³-hybridized carbons (Fsp3) is 0.333. The number of nitrogens with one attached hydrogen (secondary N) is 1. The molecule has 0 saturated carbocycles. The Labute approximate surface area is 119 Å². The molecule has 1 N–H and O–H groups in total. The van der Waals surface area contributed by atoms with Crippen LogP contribution in [0.3, 0.4) is 0 Å². The smallest absolute Gasteiger partial charge is 0.330 e. The van der Waals surface area contributed by atoms with Gasteiger partial charge in [-0.1, -0.05) is 18.2 Å². The first-order valence-electron chi connectivity index (χ1n) is 6.35. The third-order valence-corrected chi connectivity index (χ3v) is 2.59. The first-order chi connectivity index (χ1) is 9.52. The third kappa shape index (κ3) is 5.56. The number of carbonyl (C=O) groups excluding carboxylic acids is 2. The molecule has 0 heterocycles. The summed E-state index contributed by atoms with van der Waals surface area (Å²) >= 11 is 0. The predicted octanol–water partition coefficient (Wildman–Crippen LogP) is 1.49. The largest absolute Gasteiger partial charge is 0.452 e. The molecule has 5 heteroatoms. The molecule has 0 aliphatic carbocycles. The van der Waals surface area contributed by atoms with Crippen molar-refractivity contribution in [2.24, 2.45) is 0 Å². The zero-order valence-electron chi connectivity index (χ0n) is 12.1. The van der Waals surface area contributed by atoms with E-state index in [-0.39, 0.29) is 12.5 Å². The van der Waals surface area contributed by atoms with E-state index in [9.17, 15) is 9.59 Å². The van der Waals surface area contributed by atoms with Gasteiger partial charge in [-0.25, -0.2) is 4.79 Å². The number of benzene rings is 1. The Morgan fingerprint density at radius 1 is 1.25 bits per heavy atom. The molecule has 1 aromatic carbocycles. The van der Waals surface area contributed by atoms with E-state index in [2.05, 4.69) is 5.32 Å². The SMILES string of the molecule is C/C=C/C(=O)OCC(=O)NCc1ccc(N(C)C)cc1. The quantitative estimate of drug-likeness (QED) is 0.631. The fourth-order valence-corrected chi connectivity index (χ4v) is 1.48. The van der Waals surface area contributed by atoms with E-state index in [1.807, 2.05) is 43.3 Å². The van der Waals surface area contributed by atoms with Crippen LogP contribution in [0, 0.1) is 0 Å². The maximum Gasteiger partial charge on any atom is 0.330 e. The lowest BCUT2D eigenvalue weighted by molar-refractivity contribution is -0.143. The molecule has 0 fully saturated rings. The number of allylic oxidation sites excluding steroid dienone is 1. The minimum Gasteiger partial charge on any atom is -0.452 e. The number of esters is 1. The highest BCUT2D eigenvalue weighted by atomic mass is 16.5. The molecule has 0 aliphatic rings. The van der Waals surface area contributed by atoms with Gasteiger partial charge in [-0.05, 0) is 24.6 Å². The summed E-state index contributed by atoms with van der Waals surface area (Å²) in [6.45, 7) is 1.85. The van der Waals surface area contributed by atoms with Crippen molar-refractivity contribution in [2.45, 2.75) is 13.5 Å². The first kappa shape index (κ1) is 15.8. The minimum atomic E-state index is -0.516. The van der Waals surface area contributed by atoms with Crippen molar-refractivity contribution in [3.63, 3.8) is 0 Å². The molecule has 0 unspecified atom stereocenters. The van der Waals surface area contributed by atoms with Gasteiger partial charge in [0, 0.05) is 32.4 Å². The number of ether oxygens (including phenoxy) is 1. The van der Waals surface area contributed by atoms with Crippen LogP contribution >= 0.6 is 0 Å². The average Bonchev–Trinajstić information content (AvgIpc) is 2.43. The molecule has 0 bridgehead atoms. The molecular weight excluding hydrogens is 256 g/mol. The number of rotatable bonds is 6. The van der Waals surface area contributed by atoms with Crippen LogP contribution in [-0.4, -0.2) is 32.6 Å². The van der Waals surface area contributed by atoms with Gasteiger partial charge in [0.2, 0.25) is 0 Å². The molecule has 0 radical (unpaired) electrons. The number of hydrogen-bond acceptors (Lipinski definition) is 4. The van der Waals surface area contributed by atoms with Gasteiger partial charge in [0.25, 0.3) is 5.91 Å². The lowest BCUT2D eigenvalue weighted by Crippen LogP contribution is -2.28. The van der Waals surface area contributed by atoms with Gasteiger partial charge in [0.05, 0.1) is 0 Å². The van der Waals surface area contributed by atoms with Crippen LogP contribution in [0.15, 0.2) is 36.4 Å². The van der Waals surface area contributed by atoms with Crippen molar-refractivity contribution in [3.05, 3.63) is 42.0 Å². The molecule has 0 saturated heterocycles. The Hall–Kier alpha value is -2.30. The summed E-state index contributed by atoms with van der Waals surface area (Å²) in [7, 11) is 3.94. The van der Waals surface area contributed by atoms with Gasteiger partial charge in [0.15, 0.2) is 6.61 Å². The summed E-state index contributed by atoms with van der Waals surface area (Å²) in [5.41, 5.74) is 2.09. The predicted molar refractivity (Wildman–Crippen MR) is 78.4 cm³/mol. The zero-order chi connectivity index (χ0) is 15.0. The van der Waals surface area contributed by atoms with E-state index in [0.717, 1.165) is 11.3 Å². The summed E-state index contributed by atoms with van der Waals surface area (Å²) in [5, 5.41) is 2.69. The molecule has 0 aliphatic heterocycles. The molecule has 1 amide bonds. The number of nitrogens with zero attached hydrogens (tertiary/aromatic N) is 1. The minimum absolute atomic E-state index is 0.265. The fourth-order valence-electron chi connectivity index (χ4n) is 1.48. The molecule has 0 aromatic heterocycles. The van der Waals surface area contributed by atoms with Crippen molar-refractivity contribution in [2.75, 3.05) is 25.6 Å². The van der Waals surface area contributed by atoms with Crippen molar-refractivity contribution in [3.8, 4) is 0 Å². The van der Waals surface area contributed by atoms with E-state index >= 15 is 0 Å². The molecule has 5 nitrogen and oxygen atoms in total. The van der Waals surface area contributed by atoms with Gasteiger partial charge in [-0.3, -0.25) is 4.79 Å². The van der Waals surface area contributed by atoms with Crippen molar-refractivity contribution in [1.29, 1.82) is 0 Å². The van der Waals surface area contributed by atoms with Gasteiger partial charge >= 0.3 is 5.97 Å². The number of amides is 1. The lowest BCUT2D eigenvalue weighted by Gasteiger charge is -2.12. The summed E-state index contributed by atoms with van der Waals surface area (Å²) in [6.07, 6.45) is 2.83. The van der Waals surface area contributed by atoms with Crippen LogP contribution in [0.2, 0.25) is 0 Å². The van der Waals surface area contributed by atoms with Crippen LogP contribution < -0.4 is 10.2 Å². The number of carbonyl (C=O) groups is 2. The van der Waals surface area contributed by atoms with Gasteiger partial charge in [-0.2, -0.15) is 0 Å². The topological polar surface area (TPSA) is 58.6 Å². The zero-order valence-corrected chi connectivity index (χ0v) is 12.1. The molecule has 0 spiro atoms. The summed E-state index contributed by atoms with van der Waals surface area (Å²) in [5.74, 6) is -0.836. The molecule has 0 atom stereocenters. The lowest BCUT2D eigenvalue weighted by atomic mass is 10.2. The molecule has 20 heavy (non-hydrogen) atoms. The van der Waals surface area contributed by atoms with Gasteiger partial charge in [0.1, 0.15) is 0 Å². The molecule has 1 aromatic rings. The second-order valence-electron chi connectivity index (χ2n) is 4.45. The highest BCUT2D eigenvalue weighted by Crippen LogP contribution is 2.11. The van der Waals surface area contributed by atoms with Crippen molar-refractivity contribution < 1.29 is 14.3 Å². The summed E-state index contributed by atoms with van der Waals surface area (Å²) < 4.78 is 4.74. The number of anilines is 1. The average molecular weight is 276 g/mol. The Kier molecular flexibility index (Phi) is 6.29. The molecular formula is C15H20N2O3. The molecule has 1 rings (SSSR count). The summed E-state index contributed by atoms with van der Waals surface area (Å²) in [6, 6.07) is 7.85. The summed E-state index contributed by atoms with van der Waals surface area (Å²) in [4.78, 5) is 24.5. The maximum absolute atomic E-state index is 11.5. The van der Waals surface area contributed by atoms with E-state index < -0.39 is 5.97 Å². The second-order valence-corrected chi connectivity index (χ2v) is 4.45. The Bertz CT molecular complexity index is 478. The third-order valence-electron chi connectivity index (χ3n) is 2.59. The standard InChI is InChI=1S/C15H20N2O3/c1-4-5-15(19)20-11-14(18)16-10-12-6-8-13(9-7-12)17(2)3/h4-9H,10-11H2,1-3H3,(H,16,18)/b5-4+. The van der Waals surface area contributed by atoms with Gasteiger partial charge in [-0.15, -0.1) is 0 Å². The normalized spacial score (nSPS) is 10.3.